The average Bonchev–Trinajstić information content (AvgIpc) is 2.50. The fraction of sp³-hybridized carbons (Fsp3) is 0.562. The van der Waals surface area contributed by atoms with Crippen LogP contribution in [0.1, 0.15) is 38.1 Å². The van der Waals surface area contributed by atoms with Crippen molar-refractivity contribution in [2.75, 3.05) is 12.8 Å². The Labute approximate surface area is 139 Å². The summed E-state index contributed by atoms with van der Waals surface area (Å²) in [5.41, 5.74) is 6.58. The molecule has 23 heavy (non-hydrogen) atoms. The lowest BCUT2D eigenvalue weighted by atomic mass is 9.82. The van der Waals surface area contributed by atoms with Gasteiger partial charge in [-0.15, -0.1) is 5.10 Å². The van der Waals surface area contributed by atoms with Crippen LogP contribution in [-0.2, 0) is 0 Å². The smallest absolute Gasteiger partial charge is 0.277 e. The molecule has 2 saturated heterocycles. The Morgan fingerprint density at radius 2 is 1.91 bits per heavy atom. The van der Waals surface area contributed by atoms with E-state index < -0.39 is 0 Å². The first-order valence-corrected chi connectivity index (χ1v) is 8.48. The zero-order valence-corrected chi connectivity index (χ0v) is 13.8. The van der Waals surface area contributed by atoms with Crippen molar-refractivity contribution in [1.29, 1.82) is 0 Å². The van der Waals surface area contributed by atoms with Gasteiger partial charge in [0.25, 0.3) is 5.56 Å². The molecule has 1 aromatic heterocycles. The van der Waals surface area contributed by atoms with Crippen molar-refractivity contribution in [3.05, 3.63) is 27.5 Å². The van der Waals surface area contributed by atoms with Crippen molar-refractivity contribution in [3.8, 4) is 0 Å². The highest BCUT2D eigenvalue weighted by molar-refractivity contribution is 6.33. The predicted molar refractivity (Wildman–Crippen MR) is 90.7 cm³/mol. The molecule has 0 radical (unpaired) electrons. The summed E-state index contributed by atoms with van der Waals surface area (Å²) in [5.74, 6) is 0. The number of nitrogens with zero attached hydrogens (tertiary/aromatic N) is 4. The number of rotatable bonds is 1. The molecule has 6 nitrogen and oxygen atoms in total. The molecule has 2 unspecified atom stereocenters. The van der Waals surface area contributed by atoms with Crippen molar-refractivity contribution in [3.63, 3.8) is 0 Å². The zero-order chi connectivity index (χ0) is 16.1. The van der Waals surface area contributed by atoms with Crippen LogP contribution in [0.4, 0.5) is 5.69 Å². The molecule has 0 saturated carbocycles. The highest BCUT2D eigenvalue weighted by Gasteiger charge is 2.37. The van der Waals surface area contributed by atoms with E-state index in [1.165, 1.54) is 19.3 Å². The molecule has 0 aliphatic carbocycles. The summed E-state index contributed by atoms with van der Waals surface area (Å²) in [6.45, 7) is 0. The van der Waals surface area contributed by atoms with Gasteiger partial charge in [-0.1, -0.05) is 23.2 Å². The summed E-state index contributed by atoms with van der Waals surface area (Å²) in [5, 5.41) is 9.26. The number of halogens is 1. The lowest BCUT2D eigenvalue weighted by Crippen LogP contribution is -2.51. The Kier molecular flexibility index (Phi) is 3.54. The van der Waals surface area contributed by atoms with Crippen molar-refractivity contribution in [2.24, 2.45) is 0 Å². The molecule has 2 aromatic rings. The lowest BCUT2D eigenvalue weighted by molar-refractivity contribution is 0.0350. The van der Waals surface area contributed by atoms with E-state index >= 15 is 0 Å². The molecule has 3 heterocycles. The molecule has 0 spiro atoms. The first kappa shape index (κ1) is 14.9. The molecule has 2 aliphatic heterocycles. The van der Waals surface area contributed by atoms with Gasteiger partial charge in [-0.2, -0.15) is 0 Å². The number of fused-ring (bicyclic) bond motifs is 3. The van der Waals surface area contributed by atoms with Crippen LogP contribution in [-0.4, -0.2) is 39.0 Å². The number of hydrogen-bond acceptors (Lipinski definition) is 5. The van der Waals surface area contributed by atoms with Gasteiger partial charge in [-0.25, -0.2) is 4.68 Å². The van der Waals surface area contributed by atoms with Crippen LogP contribution < -0.4 is 11.3 Å². The lowest BCUT2D eigenvalue weighted by Gasteiger charge is -2.46. The number of hydrogen-bond donors (Lipinski definition) is 1. The largest absolute Gasteiger partial charge is 0.397 e. The van der Waals surface area contributed by atoms with Gasteiger partial charge in [0.1, 0.15) is 5.52 Å². The molecule has 7 heteroatoms. The third kappa shape index (κ3) is 2.40. The second kappa shape index (κ2) is 5.46. The molecule has 0 amide bonds. The second-order valence-corrected chi connectivity index (χ2v) is 7.17. The molecule has 2 fully saturated rings. The van der Waals surface area contributed by atoms with Gasteiger partial charge in [-0.05, 0) is 44.9 Å². The fourth-order valence-corrected chi connectivity index (χ4v) is 4.28. The van der Waals surface area contributed by atoms with Gasteiger partial charge >= 0.3 is 0 Å². The quantitative estimate of drug-likeness (QED) is 0.810. The third-order valence-corrected chi connectivity index (χ3v) is 5.79. The van der Waals surface area contributed by atoms with Gasteiger partial charge in [0.2, 0.25) is 0 Å². The van der Waals surface area contributed by atoms with Gasteiger partial charge in [0.05, 0.1) is 22.1 Å². The number of benzene rings is 1. The number of aromatic nitrogens is 3. The van der Waals surface area contributed by atoms with Crippen LogP contribution in [0.15, 0.2) is 16.9 Å². The maximum Gasteiger partial charge on any atom is 0.277 e. The minimum absolute atomic E-state index is 0.113. The number of nitrogens with two attached hydrogens (primary N) is 1. The van der Waals surface area contributed by atoms with Gasteiger partial charge in [0, 0.05) is 12.1 Å². The first-order valence-electron chi connectivity index (χ1n) is 8.10. The third-order valence-electron chi connectivity index (χ3n) is 5.46. The van der Waals surface area contributed by atoms with E-state index in [2.05, 4.69) is 22.3 Å². The summed E-state index contributed by atoms with van der Waals surface area (Å²) >= 11 is 6.07. The van der Waals surface area contributed by atoms with Gasteiger partial charge in [-0.3, -0.25) is 4.79 Å². The molecule has 2 bridgehead atoms. The van der Waals surface area contributed by atoms with Crippen molar-refractivity contribution in [2.45, 2.75) is 50.2 Å². The topological polar surface area (TPSA) is 77.0 Å². The van der Waals surface area contributed by atoms with Crippen molar-refractivity contribution < 1.29 is 0 Å². The zero-order valence-electron chi connectivity index (χ0n) is 13.1. The van der Waals surface area contributed by atoms with Crippen LogP contribution >= 0.6 is 11.6 Å². The van der Waals surface area contributed by atoms with E-state index in [4.69, 9.17) is 17.3 Å². The Balaban J connectivity index is 1.76. The number of anilines is 1. The van der Waals surface area contributed by atoms with Crippen LogP contribution in [0.5, 0.6) is 0 Å². The Morgan fingerprint density at radius 3 is 2.61 bits per heavy atom. The van der Waals surface area contributed by atoms with Crippen molar-refractivity contribution >= 4 is 28.2 Å². The summed E-state index contributed by atoms with van der Waals surface area (Å²) in [7, 11) is 2.20. The molecule has 1 aromatic carbocycles. The SMILES string of the molecule is CN1C2CCCC1CC(n1nnc3cc(N)c(Cl)cc3c1=O)C2. The van der Waals surface area contributed by atoms with E-state index in [0.29, 0.717) is 33.7 Å². The maximum absolute atomic E-state index is 12.8. The molecule has 4 rings (SSSR count). The molecular weight excluding hydrogens is 314 g/mol. The molecule has 2 atom stereocenters. The standard InChI is InChI=1S/C16H20ClN5O/c1-21-9-3-2-4-10(21)6-11(5-9)22-16(23)12-7-13(17)14(18)8-15(12)19-20-22/h7-11H,2-6,18H2,1H3. The molecule has 2 aliphatic rings. The van der Waals surface area contributed by atoms with Crippen molar-refractivity contribution in [1.82, 2.24) is 19.9 Å². The summed E-state index contributed by atoms with van der Waals surface area (Å²) in [4.78, 5) is 15.3. The minimum atomic E-state index is -0.121. The molecule has 2 N–H and O–H groups in total. The number of nitrogen functional groups attached to an aromatic ring is 1. The summed E-state index contributed by atoms with van der Waals surface area (Å²) in [6, 6.07) is 4.40. The second-order valence-electron chi connectivity index (χ2n) is 6.76. The van der Waals surface area contributed by atoms with E-state index in [1.54, 1.807) is 16.8 Å². The van der Waals surface area contributed by atoms with Crippen LogP contribution in [0.3, 0.4) is 0 Å². The highest BCUT2D eigenvalue weighted by atomic mass is 35.5. The molecule has 122 valence electrons. The van der Waals surface area contributed by atoms with Gasteiger partial charge < -0.3 is 10.6 Å². The predicted octanol–water partition coefficient (Wildman–Crippen LogP) is 2.21. The van der Waals surface area contributed by atoms with Crippen LogP contribution in [0, 0.1) is 0 Å². The highest BCUT2D eigenvalue weighted by Crippen LogP contribution is 2.37. The summed E-state index contributed by atoms with van der Waals surface area (Å²) in [6.07, 6.45) is 5.58. The molecular formula is C16H20ClN5O. The normalized spacial score (nSPS) is 28.2. The van der Waals surface area contributed by atoms with Crippen LogP contribution in [0.2, 0.25) is 5.02 Å². The van der Waals surface area contributed by atoms with Gasteiger partial charge in [0.15, 0.2) is 0 Å². The van der Waals surface area contributed by atoms with E-state index in [1.807, 2.05) is 0 Å². The van der Waals surface area contributed by atoms with Crippen LogP contribution in [0.25, 0.3) is 10.9 Å². The average molecular weight is 334 g/mol. The number of piperidine rings is 2. The Morgan fingerprint density at radius 1 is 1.22 bits per heavy atom. The maximum atomic E-state index is 12.8. The Bertz CT molecular complexity index is 806. The fourth-order valence-electron chi connectivity index (χ4n) is 4.12. The van der Waals surface area contributed by atoms with E-state index in [0.717, 1.165) is 12.8 Å². The van der Waals surface area contributed by atoms with E-state index in [9.17, 15) is 4.79 Å². The minimum Gasteiger partial charge on any atom is -0.397 e. The summed E-state index contributed by atoms with van der Waals surface area (Å²) < 4.78 is 1.56. The Hall–Kier alpha value is -1.66. The first-order chi connectivity index (χ1) is 11.0. The monoisotopic (exact) mass is 333 g/mol. The van der Waals surface area contributed by atoms with E-state index in [-0.39, 0.29) is 11.6 Å².